The molecule has 3 aromatic rings. The number of hydrogen-bond donors (Lipinski definition) is 1. The van der Waals surface area contributed by atoms with E-state index in [0.717, 1.165) is 15.9 Å². The summed E-state index contributed by atoms with van der Waals surface area (Å²) in [5.41, 5.74) is -0.740. The van der Waals surface area contributed by atoms with E-state index in [4.69, 9.17) is 0 Å². The van der Waals surface area contributed by atoms with Crippen LogP contribution in [-0.4, -0.2) is 10.8 Å². The predicted octanol–water partition coefficient (Wildman–Crippen LogP) is 3.39. The van der Waals surface area contributed by atoms with Gasteiger partial charge in [-0.25, -0.2) is 0 Å². The summed E-state index contributed by atoms with van der Waals surface area (Å²) in [4.78, 5) is 12.5. The molecule has 0 saturated carbocycles. The van der Waals surface area contributed by atoms with E-state index in [1.807, 2.05) is 91.0 Å². The molecular formula is C19H17O2P. The summed E-state index contributed by atoms with van der Waals surface area (Å²) in [6, 6.07) is 28.8. The van der Waals surface area contributed by atoms with Gasteiger partial charge in [0, 0.05) is 0 Å². The van der Waals surface area contributed by atoms with Gasteiger partial charge in [-0.15, -0.1) is 0 Å². The third-order valence-corrected chi connectivity index (χ3v) is 8.18. The summed E-state index contributed by atoms with van der Waals surface area (Å²) >= 11 is 0. The SMILES string of the molecule is O=C(O)[PH](c1ccccc1)(c1ccccc1)c1ccccc1. The van der Waals surface area contributed by atoms with Crippen molar-refractivity contribution in [1.82, 2.24) is 0 Å². The summed E-state index contributed by atoms with van der Waals surface area (Å²) in [5, 5.41) is 12.9. The zero-order valence-electron chi connectivity index (χ0n) is 12.0. The van der Waals surface area contributed by atoms with Crippen LogP contribution in [0.4, 0.5) is 4.79 Å². The first-order chi connectivity index (χ1) is 10.8. The van der Waals surface area contributed by atoms with Crippen molar-refractivity contribution in [2.45, 2.75) is 0 Å². The average Bonchev–Trinajstić information content (AvgIpc) is 2.58. The molecule has 0 spiro atoms. The molecule has 0 unspecified atom stereocenters. The summed E-state index contributed by atoms with van der Waals surface area (Å²) in [6.45, 7) is 0. The average molecular weight is 308 g/mol. The molecule has 110 valence electrons. The summed E-state index contributed by atoms with van der Waals surface area (Å²) in [6.07, 6.45) is 0. The van der Waals surface area contributed by atoms with Crippen molar-refractivity contribution in [3.05, 3.63) is 91.0 Å². The first kappa shape index (κ1) is 14.5. The molecular weight excluding hydrogens is 291 g/mol. The van der Waals surface area contributed by atoms with Crippen LogP contribution in [0.5, 0.6) is 0 Å². The second-order valence-electron chi connectivity index (χ2n) is 5.15. The molecule has 3 aromatic carbocycles. The topological polar surface area (TPSA) is 37.3 Å². The number of carboxylic acid groups (broad SMARTS) is 1. The van der Waals surface area contributed by atoms with Crippen molar-refractivity contribution in [3.8, 4) is 0 Å². The molecule has 0 bridgehead atoms. The number of benzene rings is 3. The summed E-state index contributed by atoms with van der Waals surface area (Å²) in [5.74, 6) is 0. The van der Waals surface area contributed by atoms with Crippen molar-refractivity contribution in [2.75, 3.05) is 0 Å². The number of rotatable bonds is 4. The Morgan fingerprint density at radius 3 is 1.09 bits per heavy atom. The minimum absolute atomic E-state index is 0.740. The molecule has 3 rings (SSSR count). The molecule has 0 aliphatic heterocycles. The van der Waals surface area contributed by atoms with Gasteiger partial charge in [-0.2, -0.15) is 0 Å². The van der Waals surface area contributed by atoms with Gasteiger partial charge in [0.15, 0.2) is 0 Å². The Hall–Kier alpha value is -2.44. The fourth-order valence-corrected chi connectivity index (χ4v) is 6.75. The van der Waals surface area contributed by atoms with Crippen LogP contribution in [0.1, 0.15) is 0 Å². The maximum atomic E-state index is 12.5. The van der Waals surface area contributed by atoms with Gasteiger partial charge >= 0.3 is 130 Å². The van der Waals surface area contributed by atoms with Gasteiger partial charge < -0.3 is 0 Å². The van der Waals surface area contributed by atoms with Crippen LogP contribution in [0.25, 0.3) is 0 Å². The van der Waals surface area contributed by atoms with E-state index in [-0.39, 0.29) is 0 Å². The fourth-order valence-electron chi connectivity index (χ4n) is 2.93. The van der Waals surface area contributed by atoms with Crippen molar-refractivity contribution < 1.29 is 9.90 Å². The van der Waals surface area contributed by atoms with Crippen LogP contribution < -0.4 is 15.9 Å². The summed E-state index contributed by atoms with van der Waals surface area (Å²) in [7, 11) is -3.08. The maximum absolute atomic E-state index is 12.5. The Bertz CT molecular complexity index is 659. The first-order valence-electron chi connectivity index (χ1n) is 7.16. The molecule has 0 atom stereocenters. The molecule has 22 heavy (non-hydrogen) atoms. The quantitative estimate of drug-likeness (QED) is 0.750. The van der Waals surface area contributed by atoms with Crippen LogP contribution >= 0.6 is 7.26 Å². The zero-order chi connectivity index (χ0) is 15.4. The molecule has 0 aliphatic carbocycles. The van der Waals surface area contributed by atoms with Crippen LogP contribution in [0.3, 0.4) is 0 Å². The van der Waals surface area contributed by atoms with E-state index >= 15 is 0 Å². The Morgan fingerprint density at radius 1 is 0.591 bits per heavy atom. The molecule has 3 heteroatoms. The third-order valence-electron chi connectivity index (χ3n) is 3.94. The number of hydrogen-bond acceptors (Lipinski definition) is 1. The second kappa shape index (κ2) is 6.13. The van der Waals surface area contributed by atoms with Crippen molar-refractivity contribution in [2.24, 2.45) is 0 Å². The molecule has 0 heterocycles. The molecule has 0 aliphatic rings. The Morgan fingerprint density at radius 2 is 0.864 bits per heavy atom. The molecule has 1 N–H and O–H groups in total. The van der Waals surface area contributed by atoms with E-state index in [0.29, 0.717) is 0 Å². The number of carbonyl (C=O) groups is 1. The van der Waals surface area contributed by atoms with Gasteiger partial charge in [-0.1, -0.05) is 0 Å². The van der Waals surface area contributed by atoms with Gasteiger partial charge in [0.05, 0.1) is 0 Å². The van der Waals surface area contributed by atoms with E-state index in [9.17, 15) is 9.90 Å². The van der Waals surface area contributed by atoms with E-state index in [1.54, 1.807) is 0 Å². The van der Waals surface area contributed by atoms with Gasteiger partial charge in [-0.05, 0) is 0 Å². The Kier molecular flexibility index (Phi) is 4.04. The fraction of sp³-hybridized carbons (Fsp3) is 0. The van der Waals surface area contributed by atoms with Crippen LogP contribution in [0, 0.1) is 0 Å². The normalized spacial score (nSPS) is 11.8. The van der Waals surface area contributed by atoms with Crippen LogP contribution in [0.2, 0.25) is 0 Å². The van der Waals surface area contributed by atoms with E-state index in [2.05, 4.69) is 0 Å². The molecule has 2 nitrogen and oxygen atoms in total. The standard InChI is InChI=1S/C19H17O2P/c20-19(21)22(16-10-4-1-5-11-16,17-12-6-2-7-13-17)18-14-8-3-9-15-18/h1-15,22H,(H,20,21). The van der Waals surface area contributed by atoms with Crippen molar-refractivity contribution in [3.63, 3.8) is 0 Å². The Balaban J connectivity index is 2.37. The monoisotopic (exact) mass is 308 g/mol. The minimum atomic E-state index is -3.08. The van der Waals surface area contributed by atoms with Crippen molar-refractivity contribution >= 4 is 28.9 Å². The van der Waals surface area contributed by atoms with E-state index < -0.39 is 13.0 Å². The molecule has 0 saturated heterocycles. The van der Waals surface area contributed by atoms with Gasteiger partial charge in [-0.3, -0.25) is 0 Å². The van der Waals surface area contributed by atoms with Gasteiger partial charge in [0.25, 0.3) is 0 Å². The van der Waals surface area contributed by atoms with Gasteiger partial charge in [0.2, 0.25) is 0 Å². The molecule has 0 radical (unpaired) electrons. The molecule has 0 aromatic heterocycles. The van der Waals surface area contributed by atoms with Crippen LogP contribution in [-0.2, 0) is 0 Å². The summed E-state index contributed by atoms with van der Waals surface area (Å²) < 4.78 is 0. The molecule has 0 fully saturated rings. The third kappa shape index (κ3) is 2.32. The molecule has 0 amide bonds. The van der Waals surface area contributed by atoms with Gasteiger partial charge in [0.1, 0.15) is 0 Å². The van der Waals surface area contributed by atoms with Crippen LogP contribution in [0.15, 0.2) is 91.0 Å². The second-order valence-corrected chi connectivity index (χ2v) is 8.81. The van der Waals surface area contributed by atoms with E-state index in [1.165, 1.54) is 0 Å². The Labute approximate surface area is 130 Å². The zero-order valence-corrected chi connectivity index (χ0v) is 13.0. The first-order valence-corrected chi connectivity index (χ1v) is 9.16. The predicted molar refractivity (Wildman–Crippen MR) is 94.6 cm³/mol. The van der Waals surface area contributed by atoms with Crippen molar-refractivity contribution in [1.29, 1.82) is 0 Å².